The van der Waals surface area contributed by atoms with Gasteiger partial charge in [-0.1, -0.05) is 44.9 Å². The van der Waals surface area contributed by atoms with Crippen molar-refractivity contribution in [2.45, 2.75) is 62.5 Å². The van der Waals surface area contributed by atoms with Gasteiger partial charge < -0.3 is 19.8 Å². The van der Waals surface area contributed by atoms with Gasteiger partial charge in [0, 0.05) is 23.7 Å². The Kier molecular flexibility index (Phi) is 8.77. The molecule has 1 heterocycles. The Balaban J connectivity index is 2.21. The molecule has 0 saturated carbocycles. The molecule has 2 N–H and O–H groups in total. The van der Waals surface area contributed by atoms with E-state index in [9.17, 15) is 23.4 Å². The molecule has 1 aliphatic rings. The van der Waals surface area contributed by atoms with Gasteiger partial charge in [-0.05, 0) is 44.2 Å². The Morgan fingerprint density at radius 3 is 2.49 bits per heavy atom. The normalized spacial score (nSPS) is 21.0. The molecule has 0 aliphatic carbocycles. The van der Waals surface area contributed by atoms with Crippen molar-refractivity contribution < 1.29 is 28.2 Å². The molecule has 0 aromatic heterocycles. The molecule has 3 rings (SSSR count). The van der Waals surface area contributed by atoms with Crippen LogP contribution in [0, 0.1) is 11.3 Å². The van der Waals surface area contributed by atoms with Crippen molar-refractivity contribution >= 4 is 38.9 Å². The second-order valence-corrected chi connectivity index (χ2v) is 12.1. The molecule has 1 aliphatic heterocycles. The van der Waals surface area contributed by atoms with Crippen LogP contribution in [0.1, 0.15) is 46.5 Å². The highest BCUT2D eigenvalue weighted by Crippen LogP contribution is 2.47. The summed E-state index contributed by atoms with van der Waals surface area (Å²) in [4.78, 5) is 14.1. The SMILES string of the molecule is CCCCC1(CC)CN(c2ccccc2)c2cc(SC)c(OC(O)C(C)C(=O)O)cc2S(=O)(=O)C1. The van der Waals surface area contributed by atoms with Crippen LogP contribution in [0.2, 0.25) is 0 Å². The summed E-state index contributed by atoms with van der Waals surface area (Å²) in [7, 11) is -3.72. The smallest absolute Gasteiger partial charge is 0.312 e. The van der Waals surface area contributed by atoms with Crippen LogP contribution in [0.5, 0.6) is 5.75 Å². The number of aliphatic carboxylic acids is 1. The van der Waals surface area contributed by atoms with Crippen molar-refractivity contribution in [3.8, 4) is 5.75 Å². The summed E-state index contributed by atoms with van der Waals surface area (Å²) in [5, 5.41) is 19.6. The molecule has 35 heavy (non-hydrogen) atoms. The molecule has 0 fully saturated rings. The van der Waals surface area contributed by atoms with E-state index in [0.717, 1.165) is 31.4 Å². The number of thioether (sulfide) groups is 1. The monoisotopic (exact) mass is 521 g/mol. The molecule has 0 radical (unpaired) electrons. The van der Waals surface area contributed by atoms with Crippen LogP contribution in [-0.2, 0) is 14.6 Å². The van der Waals surface area contributed by atoms with Crippen LogP contribution in [-0.4, -0.2) is 49.4 Å². The number of carbonyl (C=O) groups is 1. The Morgan fingerprint density at radius 1 is 1.23 bits per heavy atom. The minimum Gasteiger partial charge on any atom is -0.481 e. The second kappa shape index (κ2) is 11.2. The average Bonchev–Trinajstić information content (AvgIpc) is 2.94. The minimum absolute atomic E-state index is 0.0129. The van der Waals surface area contributed by atoms with E-state index in [1.165, 1.54) is 24.8 Å². The molecule has 0 bridgehead atoms. The van der Waals surface area contributed by atoms with Gasteiger partial charge in [0.1, 0.15) is 11.7 Å². The van der Waals surface area contributed by atoms with Crippen LogP contribution in [0.3, 0.4) is 0 Å². The molecule has 0 spiro atoms. The third-order valence-electron chi connectivity index (χ3n) is 6.80. The van der Waals surface area contributed by atoms with Crippen molar-refractivity contribution in [1.82, 2.24) is 0 Å². The maximum atomic E-state index is 13.8. The van der Waals surface area contributed by atoms with E-state index in [2.05, 4.69) is 18.7 Å². The van der Waals surface area contributed by atoms with Gasteiger partial charge in [0.25, 0.3) is 0 Å². The first-order valence-electron chi connectivity index (χ1n) is 11.9. The van der Waals surface area contributed by atoms with E-state index in [1.807, 2.05) is 36.6 Å². The number of carboxylic acid groups (broad SMARTS) is 1. The molecular formula is C26H35NO6S2. The maximum absolute atomic E-state index is 13.8. The van der Waals surface area contributed by atoms with Crippen LogP contribution in [0.4, 0.5) is 11.4 Å². The predicted octanol–water partition coefficient (Wildman–Crippen LogP) is 5.34. The van der Waals surface area contributed by atoms with Crippen molar-refractivity contribution in [2.75, 3.05) is 23.5 Å². The van der Waals surface area contributed by atoms with Crippen LogP contribution in [0.15, 0.2) is 52.3 Å². The summed E-state index contributed by atoms with van der Waals surface area (Å²) in [5.41, 5.74) is 1.04. The van der Waals surface area contributed by atoms with E-state index in [1.54, 1.807) is 6.07 Å². The summed E-state index contributed by atoms with van der Waals surface area (Å²) in [6, 6.07) is 13.0. The number of hydrogen-bond donors (Lipinski definition) is 2. The fourth-order valence-electron chi connectivity index (χ4n) is 4.48. The van der Waals surface area contributed by atoms with Crippen molar-refractivity contribution in [3.05, 3.63) is 42.5 Å². The molecule has 192 valence electrons. The number of sulfone groups is 1. The lowest BCUT2D eigenvalue weighted by Gasteiger charge is -2.36. The molecule has 2 aromatic rings. The number of aliphatic hydroxyl groups excluding tert-OH is 1. The zero-order chi connectivity index (χ0) is 25.8. The fourth-order valence-corrected chi connectivity index (χ4v) is 7.19. The highest BCUT2D eigenvalue weighted by molar-refractivity contribution is 7.98. The van der Waals surface area contributed by atoms with Gasteiger partial charge in [0.15, 0.2) is 9.84 Å². The number of unbranched alkanes of at least 4 members (excludes halogenated alkanes) is 1. The van der Waals surface area contributed by atoms with E-state index in [-0.39, 0.29) is 16.4 Å². The summed E-state index contributed by atoms with van der Waals surface area (Å²) in [6.07, 6.45) is 3.65. The lowest BCUT2D eigenvalue weighted by atomic mass is 9.81. The molecule has 3 unspecified atom stereocenters. The number of rotatable bonds is 10. The Morgan fingerprint density at radius 2 is 1.91 bits per heavy atom. The molecule has 0 amide bonds. The molecule has 3 atom stereocenters. The number of nitrogens with zero attached hydrogens (tertiary/aromatic N) is 1. The molecule has 2 aromatic carbocycles. The van der Waals surface area contributed by atoms with Crippen LogP contribution < -0.4 is 9.64 Å². The quantitative estimate of drug-likeness (QED) is 0.319. The largest absolute Gasteiger partial charge is 0.481 e. The summed E-state index contributed by atoms with van der Waals surface area (Å²) < 4.78 is 33.3. The van der Waals surface area contributed by atoms with Gasteiger partial charge in [0.2, 0.25) is 6.29 Å². The van der Waals surface area contributed by atoms with E-state index in [0.29, 0.717) is 17.1 Å². The molecule has 7 nitrogen and oxygen atoms in total. The third-order valence-corrected chi connectivity index (χ3v) is 9.55. The fraction of sp³-hybridized carbons (Fsp3) is 0.500. The molecule has 9 heteroatoms. The average molecular weight is 522 g/mol. The van der Waals surface area contributed by atoms with Gasteiger partial charge in [-0.25, -0.2) is 8.42 Å². The lowest BCUT2D eigenvalue weighted by Crippen LogP contribution is -2.37. The second-order valence-electron chi connectivity index (χ2n) is 9.24. The van der Waals surface area contributed by atoms with Crippen molar-refractivity contribution in [1.29, 1.82) is 0 Å². The topological polar surface area (TPSA) is 104 Å². The number of aliphatic hydroxyl groups is 1. The molecule has 0 saturated heterocycles. The zero-order valence-corrected chi connectivity index (χ0v) is 22.4. The summed E-state index contributed by atoms with van der Waals surface area (Å²) in [6.45, 7) is 6.06. The van der Waals surface area contributed by atoms with Gasteiger partial charge in [-0.15, -0.1) is 11.8 Å². The first-order valence-corrected chi connectivity index (χ1v) is 14.8. The number of hydrogen-bond acceptors (Lipinski definition) is 7. The van der Waals surface area contributed by atoms with Gasteiger partial charge >= 0.3 is 5.97 Å². The molecular weight excluding hydrogens is 486 g/mol. The Hall–Kier alpha value is -2.23. The van der Waals surface area contributed by atoms with Crippen molar-refractivity contribution in [3.63, 3.8) is 0 Å². The number of ether oxygens (including phenoxy) is 1. The van der Waals surface area contributed by atoms with Crippen LogP contribution >= 0.6 is 11.8 Å². The number of fused-ring (bicyclic) bond motifs is 1. The first kappa shape index (κ1) is 27.4. The zero-order valence-electron chi connectivity index (χ0n) is 20.7. The number of anilines is 2. The summed E-state index contributed by atoms with van der Waals surface area (Å²) >= 11 is 1.35. The number of para-hydroxylation sites is 1. The van der Waals surface area contributed by atoms with Gasteiger partial charge in [-0.2, -0.15) is 0 Å². The van der Waals surface area contributed by atoms with E-state index < -0.39 is 33.4 Å². The van der Waals surface area contributed by atoms with Crippen molar-refractivity contribution in [2.24, 2.45) is 11.3 Å². The Labute approximate surface area is 212 Å². The number of benzene rings is 2. The third kappa shape index (κ3) is 5.95. The highest BCUT2D eigenvalue weighted by Gasteiger charge is 2.42. The van der Waals surface area contributed by atoms with E-state index in [4.69, 9.17) is 4.74 Å². The van der Waals surface area contributed by atoms with E-state index >= 15 is 0 Å². The van der Waals surface area contributed by atoms with Gasteiger partial charge in [0.05, 0.1) is 21.2 Å². The van der Waals surface area contributed by atoms with Crippen LogP contribution in [0.25, 0.3) is 0 Å². The maximum Gasteiger partial charge on any atom is 0.312 e. The number of carboxylic acids is 1. The minimum atomic E-state index is -3.72. The predicted molar refractivity (Wildman–Crippen MR) is 139 cm³/mol. The lowest BCUT2D eigenvalue weighted by molar-refractivity contribution is -0.153. The highest BCUT2D eigenvalue weighted by atomic mass is 32.2. The summed E-state index contributed by atoms with van der Waals surface area (Å²) in [5.74, 6) is -2.21. The standard InChI is InChI=1S/C26H35NO6S2/c1-5-7-13-26(6-2)16-27(19-11-9-8-10-12-19)20-14-22(34-4)21(15-23(20)35(31,32)17-26)33-25(30)18(3)24(28)29/h8-12,14-15,18,25,30H,5-7,13,16-17H2,1-4H3,(H,28,29). The Bertz CT molecular complexity index is 1140. The van der Waals surface area contributed by atoms with Gasteiger partial charge in [-0.3, -0.25) is 4.79 Å². The first-order chi connectivity index (χ1) is 16.6.